The van der Waals surface area contributed by atoms with Crippen LogP contribution in [0.15, 0.2) is 91.1 Å². The van der Waals surface area contributed by atoms with Crippen LogP contribution >= 0.6 is 0 Å². The highest BCUT2D eigenvalue weighted by atomic mass is 19.1. The van der Waals surface area contributed by atoms with Crippen molar-refractivity contribution in [2.75, 3.05) is 7.11 Å². The zero-order valence-corrected chi connectivity index (χ0v) is 22.1. The maximum Gasteiger partial charge on any atom is 0.338 e. The lowest BCUT2D eigenvalue weighted by Crippen LogP contribution is -2.12. The van der Waals surface area contributed by atoms with Crippen LogP contribution in [0, 0.1) is 5.82 Å². The molecule has 0 bridgehead atoms. The Kier molecular flexibility index (Phi) is 8.83. The molecule has 0 amide bonds. The standard InChI is InChI=1S/C31H27FO7/c1-17(2)29(33)37-26-13-10-22(16-28(26)39-31(35)19(5)6)23-11-8-20(14-24(23)32)21-9-12-25(36-7)27(15-21)38-30(34)18(3)4/h8-16H,1,3,5H2,2,4,6-7H3. The van der Waals surface area contributed by atoms with Gasteiger partial charge in [0.05, 0.1) is 7.11 Å². The number of methoxy groups -OCH3 is 1. The van der Waals surface area contributed by atoms with Gasteiger partial charge in [0.2, 0.25) is 0 Å². The molecule has 0 saturated heterocycles. The van der Waals surface area contributed by atoms with Crippen molar-refractivity contribution in [1.82, 2.24) is 0 Å². The van der Waals surface area contributed by atoms with E-state index >= 15 is 4.39 Å². The van der Waals surface area contributed by atoms with Crippen molar-refractivity contribution in [3.05, 3.63) is 96.9 Å². The van der Waals surface area contributed by atoms with E-state index in [1.54, 1.807) is 30.3 Å². The van der Waals surface area contributed by atoms with Crippen LogP contribution in [-0.4, -0.2) is 25.0 Å². The molecule has 0 aromatic heterocycles. The molecule has 0 atom stereocenters. The predicted octanol–water partition coefficient (Wildman–Crippen LogP) is 6.61. The summed E-state index contributed by atoms with van der Waals surface area (Å²) >= 11 is 0. The Morgan fingerprint density at radius 3 is 1.51 bits per heavy atom. The molecule has 200 valence electrons. The van der Waals surface area contributed by atoms with Crippen LogP contribution in [0.25, 0.3) is 22.3 Å². The first-order chi connectivity index (χ1) is 18.4. The van der Waals surface area contributed by atoms with Gasteiger partial charge in [0.15, 0.2) is 23.0 Å². The van der Waals surface area contributed by atoms with Gasteiger partial charge in [-0.05, 0) is 67.8 Å². The SMILES string of the molecule is C=C(C)C(=O)Oc1cc(-c2ccc(-c3ccc(OC(=O)C(=C)C)c(OC(=O)C(=C)C)c3)c(F)c2)ccc1OC. The number of ether oxygens (including phenoxy) is 4. The van der Waals surface area contributed by atoms with Crippen LogP contribution in [-0.2, 0) is 14.4 Å². The zero-order chi connectivity index (χ0) is 28.9. The second-order valence-electron chi connectivity index (χ2n) is 8.73. The van der Waals surface area contributed by atoms with E-state index in [9.17, 15) is 14.4 Å². The summed E-state index contributed by atoms with van der Waals surface area (Å²) in [6, 6.07) is 13.7. The fourth-order valence-corrected chi connectivity index (χ4v) is 3.27. The molecule has 0 unspecified atom stereocenters. The van der Waals surface area contributed by atoms with Crippen LogP contribution < -0.4 is 18.9 Å². The van der Waals surface area contributed by atoms with Gasteiger partial charge in [0.1, 0.15) is 5.82 Å². The van der Waals surface area contributed by atoms with E-state index in [-0.39, 0.29) is 39.5 Å². The molecule has 3 aromatic carbocycles. The fraction of sp³-hybridized carbons (Fsp3) is 0.129. The molecule has 8 heteroatoms. The van der Waals surface area contributed by atoms with E-state index in [2.05, 4.69) is 19.7 Å². The molecule has 0 aliphatic heterocycles. The Hall–Kier alpha value is -4.98. The van der Waals surface area contributed by atoms with E-state index in [4.69, 9.17) is 18.9 Å². The minimum absolute atomic E-state index is 0.0338. The fourth-order valence-electron chi connectivity index (χ4n) is 3.27. The summed E-state index contributed by atoms with van der Waals surface area (Å²) in [5.74, 6) is -2.27. The van der Waals surface area contributed by atoms with Crippen molar-refractivity contribution in [3.8, 4) is 45.3 Å². The van der Waals surface area contributed by atoms with E-state index < -0.39 is 23.7 Å². The molecule has 0 N–H and O–H groups in total. The predicted molar refractivity (Wildman–Crippen MR) is 145 cm³/mol. The smallest absolute Gasteiger partial charge is 0.338 e. The maximum atomic E-state index is 15.4. The van der Waals surface area contributed by atoms with Crippen molar-refractivity contribution in [2.24, 2.45) is 0 Å². The molecular weight excluding hydrogens is 503 g/mol. The molecule has 39 heavy (non-hydrogen) atoms. The zero-order valence-electron chi connectivity index (χ0n) is 22.1. The quantitative estimate of drug-likeness (QED) is 0.175. The van der Waals surface area contributed by atoms with Gasteiger partial charge in [-0.25, -0.2) is 18.8 Å². The van der Waals surface area contributed by atoms with Crippen LogP contribution in [0.3, 0.4) is 0 Å². The van der Waals surface area contributed by atoms with Crippen LogP contribution in [0.2, 0.25) is 0 Å². The maximum absolute atomic E-state index is 15.4. The second-order valence-corrected chi connectivity index (χ2v) is 8.73. The number of hydrogen-bond donors (Lipinski definition) is 0. The Morgan fingerprint density at radius 1 is 0.590 bits per heavy atom. The van der Waals surface area contributed by atoms with Crippen molar-refractivity contribution < 1.29 is 37.7 Å². The van der Waals surface area contributed by atoms with Gasteiger partial charge < -0.3 is 18.9 Å². The van der Waals surface area contributed by atoms with Gasteiger partial charge in [-0.15, -0.1) is 0 Å². The second kappa shape index (κ2) is 12.0. The van der Waals surface area contributed by atoms with Gasteiger partial charge >= 0.3 is 17.9 Å². The molecule has 0 spiro atoms. The van der Waals surface area contributed by atoms with Crippen molar-refractivity contribution in [3.63, 3.8) is 0 Å². The van der Waals surface area contributed by atoms with Gasteiger partial charge in [-0.2, -0.15) is 0 Å². The van der Waals surface area contributed by atoms with E-state index in [0.29, 0.717) is 22.4 Å². The molecule has 0 radical (unpaired) electrons. The average molecular weight is 531 g/mol. The summed E-state index contributed by atoms with van der Waals surface area (Å²) in [7, 11) is 1.44. The summed E-state index contributed by atoms with van der Waals surface area (Å²) in [6.45, 7) is 15.1. The first-order valence-corrected chi connectivity index (χ1v) is 11.7. The lowest BCUT2D eigenvalue weighted by molar-refractivity contribution is -0.132. The third-order valence-corrected chi connectivity index (χ3v) is 5.37. The topological polar surface area (TPSA) is 88.1 Å². The molecule has 7 nitrogen and oxygen atoms in total. The monoisotopic (exact) mass is 530 g/mol. The molecule has 3 aromatic rings. The largest absolute Gasteiger partial charge is 0.493 e. The van der Waals surface area contributed by atoms with E-state index in [1.807, 2.05) is 0 Å². The summed E-state index contributed by atoms with van der Waals surface area (Å²) in [6.07, 6.45) is 0. The normalized spacial score (nSPS) is 10.3. The number of hydrogen-bond acceptors (Lipinski definition) is 7. The molecule has 0 aliphatic rings. The van der Waals surface area contributed by atoms with Crippen molar-refractivity contribution in [1.29, 1.82) is 0 Å². The molecule has 0 heterocycles. The number of carbonyl (C=O) groups is 3. The lowest BCUT2D eigenvalue weighted by atomic mass is 9.99. The van der Waals surface area contributed by atoms with Crippen molar-refractivity contribution in [2.45, 2.75) is 20.8 Å². The number of benzene rings is 3. The van der Waals surface area contributed by atoms with Crippen LogP contribution in [0.5, 0.6) is 23.0 Å². The minimum Gasteiger partial charge on any atom is -0.493 e. The number of rotatable bonds is 9. The Morgan fingerprint density at radius 2 is 1.00 bits per heavy atom. The molecule has 0 saturated carbocycles. The average Bonchev–Trinajstić information content (AvgIpc) is 2.89. The van der Waals surface area contributed by atoms with E-state index in [1.165, 1.54) is 52.1 Å². The molecule has 0 fully saturated rings. The third kappa shape index (κ3) is 6.87. The number of halogens is 1. The van der Waals surface area contributed by atoms with Gasteiger partial charge in [-0.3, -0.25) is 0 Å². The Bertz CT molecular complexity index is 1520. The lowest BCUT2D eigenvalue weighted by Gasteiger charge is -2.14. The highest BCUT2D eigenvalue weighted by Gasteiger charge is 2.18. The van der Waals surface area contributed by atoms with Gasteiger partial charge in [0.25, 0.3) is 0 Å². The summed E-state index contributed by atoms with van der Waals surface area (Å²) < 4.78 is 36.6. The summed E-state index contributed by atoms with van der Waals surface area (Å²) in [4.78, 5) is 36.2. The summed E-state index contributed by atoms with van der Waals surface area (Å²) in [5, 5.41) is 0. The minimum atomic E-state index is -0.738. The Labute approximate surface area is 225 Å². The highest BCUT2D eigenvalue weighted by Crippen LogP contribution is 2.37. The van der Waals surface area contributed by atoms with Crippen molar-refractivity contribution >= 4 is 17.9 Å². The highest BCUT2D eigenvalue weighted by molar-refractivity contribution is 5.92. The van der Waals surface area contributed by atoms with Crippen LogP contribution in [0.1, 0.15) is 20.8 Å². The van der Waals surface area contributed by atoms with E-state index in [0.717, 1.165) is 0 Å². The number of carbonyl (C=O) groups excluding carboxylic acids is 3. The van der Waals surface area contributed by atoms with Gasteiger partial charge in [0, 0.05) is 22.3 Å². The Balaban J connectivity index is 2.00. The van der Waals surface area contributed by atoms with Gasteiger partial charge in [-0.1, -0.05) is 44.0 Å². The molecule has 0 aliphatic carbocycles. The molecule has 3 rings (SSSR count). The third-order valence-electron chi connectivity index (χ3n) is 5.37. The summed E-state index contributed by atoms with van der Waals surface area (Å²) in [5.41, 5.74) is 2.13. The first kappa shape index (κ1) is 28.6. The molecular formula is C31H27FO7. The van der Waals surface area contributed by atoms with Crippen LogP contribution in [0.4, 0.5) is 4.39 Å². The number of esters is 3. The first-order valence-electron chi connectivity index (χ1n) is 11.7.